The van der Waals surface area contributed by atoms with Crippen LogP contribution in [0.5, 0.6) is 11.5 Å². The Morgan fingerprint density at radius 2 is 1.83 bits per heavy atom. The fraction of sp³-hybridized carbons (Fsp3) is 0.400. The first-order valence-corrected chi connectivity index (χ1v) is 8.15. The molecule has 0 radical (unpaired) electrons. The molecular formula is C20H27NO3. The van der Waals surface area contributed by atoms with Crippen LogP contribution in [-0.2, 0) is 13.2 Å². The molecule has 0 heterocycles. The molecular weight excluding hydrogens is 302 g/mol. The molecule has 130 valence electrons. The number of aliphatic hydroxyl groups excluding tert-OH is 1. The highest BCUT2D eigenvalue weighted by atomic mass is 16.5. The predicted octanol–water partition coefficient (Wildman–Crippen LogP) is 3.44. The number of aliphatic hydroxyl groups is 1. The maximum atomic E-state index is 9.31. The first-order chi connectivity index (χ1) is 11.4. The highest BCUT2D eigenvalue weighted by Gasteiger charge is 2.15. The van der Waals surface area contributed by atoms with E-state index >= 15 is 0 Å². The molecule has 0 saturated heterocycles. The highest BCUT2D eigenvalue weighted by Crippen LogP contribution is 2.29. The van der Waals surface area contributed by atoms with Gasteiger partial charge in [0.05, 0.1) is 13.7 Å². The Hall–Kier alpha value is -2.04. The number of ether oxygens (including phenoxy) is 2. The average molecular weight is 329 g/mol. The molecule has 0 unspecified atom stereocenters. The number of benzene rings is 2. The summed E-state index contributed by atoms with van der Waals surface area (Å²) in [5.74, 6) is 1.44. The summed E-state index contributed by atoms with van der Waals surface area (Å²) in [5.41, 5.74) is 3.14. The summed E-state index contributed by atoms with van der Waals surface area (Å²) in [4.78, 5) is 0. The summed E-state index contributed by atoms with van der Waals surface area (Å²) < 4.78 is 11.4. The van der Waals surface area contributed by atoms with Gasteiger partial charge in [0, 0.05) is 12.1 Å². The second-order valence-corrected chi connectivity index (χ2v) is 6.60. The van der Waals surface area contributed by atoms with Crippen molar-refractivity contribution in [1.29, 1.82) is 0 Å². The van der Waals surface area contributed by atoms with Crippen molar-refractivity contribution in [2.45, 2.75) is 39.5 Å². The van der Waals surface area contributed by atoms with Crippen LogP contribution in [0.2, 0.25) is 0 Å². The van der Waals surface area contributed by atoms with E-state index in [1.807, 2.05) is 44.2 Å². The van der Waals surface area contributed by atoms with Crippen LogP contribution in [-0.4, -0.2) is 24.4 Å². The van der Waals surface area contributed by atoms with Crippen LogP contribution in [0.25, 0.3) is 0 Å². The molecule has 0 bridgehead atoms. The van der Waals surface area contributed by atoms with E-state index in [2.05, 4.69) is 24.4 Å². The van der Waals surface area contributed by atoms with E-state index in [0.717, 1.165) is 16.9 Å². The Morgan fingerprint density at radius 3 is 2.50 bits per heavy atom. The first-order valence-electron chi connectivity index (χ1n) is 8.15. The molecule has 0 aliphatic heterocycles. The van der Waals surface area contributed by atoms with E-state index in [4.69, 9.17) is 9.47 Å². The van der Waals surface area contributed by atoms with Gasteiger partial charge in [-0.25, -0.2) is 0 Å². The topological polar surface area (TPSA) is 50.7 Å². The van der Waals surface area contributed by atoms with E-state index in [-0.39, 0.29) is 12.1 Å². The molecule has 4 nitrogen and oxygen atoms in total. The van der Waals surface area contributed by atoms with Crippen LogP contribution in [0, 0.1) is 6.92 Å². The molecule has 2 rings (SSSR count). The van der Waals surface area contributed by atoms with Crippen molar-refractivity contribution < 1.29 is 14.6 Å². The van der Waals surface area contributed by atoms with Gasteiger partial charge in [-0.15, -0.1) is 0 Å². The van der Waals surface area contributed by atoms with Crippen molar-refractivity contribution in [2.24, 2.45) is 0 Å². The molecule has 0 aliphatic rings. The zero-order valence-corrected chi connectivity index (χ0v) is 14.9. The lowest BCUT2D eigenvalue weighted by molar-refractivity contribution is 0.187. The molecule has 0 fully saturated rings. The van der Waals surface area contributed by atoms with Crippen molar-refractivity contribution in [3.8, 4) is 11.5 Å². The fourth-order valence-electron chi connectivity index (χ4n) is 2.27. The molecule has 0 aliphatic carbocycles. The third-order valence-corrected chi connectivity index (χ3v) is 4.04. The standard InChI is InChI=1S/C20H27NO3/c1-15-7-5-6-8-17(15)13-24-18-10-9-16(11-19(18)23-4)12-21-20(2,3)14-22/h5-11,21-22H,12-14H2,1-4H3. The summed E-state index contributed by atoms with van der Waals surface area (Å²) in [7, 11) is 1.64. The zero-order chi connectivity index (χ0) is 17.6. The third kappa shape index (κ3) is 4.98. The molecule has 2 aromatic rings. The van der Waals surface area contributed by atoms with Crippen molar-refractivity contribution in [3.05, 3.63) is 59.2 Å². The molecule has 0 amide bonds. The van der Waals surface area contributed by atoms with E-state index in [9.17, 15) is 5.11 Å². The Kier molecular flexibility index (Phi) is 6.23. The van der Waals surface area contributed by atoms with Crippen LogP contribution in [0.4, 0.5) is 0 Å². The van der Waals surface area contributed by atoms with Crippen LogP contribution >= 0.6 is 0 Å². The number of hydrogen-bond acceptors (Lipinski definition) is 4. The van der Waals surface area contributed by atoms with Crippen molar-refractivity contribution >= 4 is 0 Å². The summed E-state index contributed by atoms with van der Waals surface area (Å²) in [6, 6.07) is 14.1. The van der Waals surface area contributed by atoms with Crippen LogP contribution in [0.15, 0.2) is 42.5 Å². The zero-order valence-electron chi connectivity index (χ0n) is 14.9. The van der Waals surface area contributed by atoms with Gasteiger partial charge in [0.15, 0.2) is 11.5 Å². The minimum absolute atomic E-state index is 0.0851. The molecule has 0 saturated carbocycles. The summed E-state index contributed by atoms with van der Waals surface area (Å²) >= 11 is 0. The summed E-state index contributed by atoms with van der Waals surface area (Å²) in [6.45, 7) is 7.25. The van der Waals surface area contributed by atoms with E-state index in [1.54, 1.807) is 7.11 Å². The Bertz CT molecular complexity index is 668. The normalized spacial score (nSPS) is 11.4. The Morgan fingerprint density at radius 1 is 1.08 bits per heavy atom. The number of rotatable bonds is 8. The van der Waals surface area contributed by atoms with Gasteiger partial charge < -0.3 is 19.9 Å². The lowest BCUT2D eigenvalue weighted by atomic mass is 10.1. The summed E-state index contributed by atoms with van der Waals surface area (Å²) in [5, 5.41) is 12.6. The molecule has 2 N–H and O–H groups in total. The molecule has 4 heteroatoms. The van der Waals surface area contributed by atoms with Crippen LogP contribution < -0.4 is 14.8 Å². The van der Waals surface area contributed by atoms with E-state index in [1.165, 1.54) is 5.56 Å². The van der Waals surface area contributed by atoms with Gasteiger partial charge in [0.1, 0.15) is 6.61 Å². The van der Waals surface area contributed by atoms with Crippen LogP contribution in [0.3, 0.4) is 0 Å². The molecule has 0 spiro atoms. The second-order valence-electron chi connectivity index (χ2n) is 6.60. The minimum Gasteiger partial charge on any atom is -0.493 e. The van der Waals surface area contributed by atoms with Gasteiger partial charge in [0.25, 0.3) is 0 Å². The van der Waals surface area contributed by atoms with Crippen molar-refractivity contribution in [2.75, 3.05) is 13.7 Å². The lowest BCUT2D eigenvalue weighted by Crippen LogP contribution is -2.42. The Balaban J connectivity index is 2.05. The Labute approximate surface area is 144 Å². The maximum absolute atomic E-state index is 9.31. The van der Waals surface area contributed by atoms with Gasteiger partial charge in [-0.1, -0.05) is 30.3 Å². The molecule has 24 heavy (non-hydrogen) atoms. The summed E-state index contributed by atoms with van der Waals surface area (Å²) in [6.07, 6.45) is 0. The highest BCUT2D eigenvalue weighted by molar-refractivity contribution is 5.43. The van der Waals surface area contributed by atoms with Gasteiger partial charge >= 0.3 is 0 Å². The van der Waals surface area contributed by atoms with Gasteiger partial charge in [-0.2, -0.15) is 0 Å². The van der Waals surface area contributed by atoms with E-state index < -0.39 is 0 Å². The largest absolute Gasteiger partial charge is 0.493 e. The SMILES string of the molecule is COc1cc(CNC(C)(C)CO)ccc1OCc1ccccc1C. The van der Waals surface area contributed by atoms with Crippen molar-refractivity contribution in [3.63, 3.8) is 0 Å². The smallest absolute Gasteiger partial charge is 0.161 e. The average Bonchev–Trinajstić information content (AvgIpc) is 2.59. The minimum atomic E-state index is -0.312. The second kappa shape index (κ2) is 8.18. The molecule has 0 aromatic heterocycles. The van der Waals surface area contributed by atoms with Crippen LogP contribution in [0.1, 0.15) is 30.5 Å². The third-order valence-electron chi connectivity index (χ3n) is 4.04. The number of hydrogen-bond donors (Lipinski definition) is 2. The molecule has 2 aromatic carbocycles. The number of aryl methyl sites for hydroxylation is 1. The monoisotopic (exact) mass is 329 g/mol. The van der Waals surface area contributed by atoms with Gasteiger partial charge in [0.2, 0.25) is 0 Å². The fourth-order valence-corrected chi connectivity index (χ4v) is 2.27. The molecule has 0 atom stereocenters. The number of methoxy groups -OCH3 is 1. The van der Waals surface area contributed by atoms with Crippen molar-refractivity contribution in [1.82, 2.24) is 5.32 Å². The maximum Gasteiger partial charge on any atom is 0.161 e. The van der Waals surface area contributed by atoms with Gasteiger partial charge in [-0.05, 0) is 49.6 Å². The van der Waals surface area contributed by atoms with E-state index in [0.29, 0.717) is 18.9 Å². The first kappa shape index (κ1) is 18.3. The predicted molar refractivity (Wildman–Crippen MR) is 96.5 cm³/mol. The lowest BCUT2D eigenvalue weighted by Gasteiger charge is -2.23. The quantitative estimate of drug-likeness (QED) is 0.779. The number of nitrogens with one attached hydrogen (secondary N) is 1. The van der Waals surface area contributed by atoms with Gasteiger partial charge in [-0.3, -0.25) is 0 Å².